The van der Waals surface area contributed by atoms with E-state index in [1.165, 1.54) is 12.1 Å². The molecule has 2 aromatic rings. The van der Waals surface area contributed by atoms with E-state index < -0.39 is 0 Å². The van der Waals surface area contributed by atoms with Crippen molar-refractivity contribution in [3.63, 3.8) is 0 Å². The zero-order valence-corrected chi connectivity index (χ0v) is 13.1. The molecule has 0 saturated heterocycles. The smallest absolute Gasteiger partial charge is 0.251 e. The fourth-order valence-corrected chi connectivity index (χ4v) is 2.01. The van der Waals surface area contributed by atoms with Crippen molar-refractivity contribution < 1.29 is 14.0 Å². The SMILES string of the molecule is CC(C)NC(=O)c1ccc(C(=O)NCc2ccc(F)cc2)cc1. The maximum Gasteiger partial charge on any atom is 0.251 e. The van der Waals surface area contributed by atoms with Gasteiger partial charge in [-0.3, -0.25) is 9.59 Å². The van der Waals surface area contributed by atoms with Gasteiger partial charge in [-0.1, -0.05) is 12.1 Å². The van der Waals surface area contributed by atoms with Gasteiger partial charge in [-0.25, -0.2) is 4.39 Å². The van der Waals surface area contributed by atoms with Gasteiger partial charge in [-0.2, -0.15) is 0 Å². The van der Waals surface area contributed by atoms with Crippen molar-refractivity contribution in [1.82, 2.24) is 10.6 Å². The van der Waals surface area contributed by atoms with E-state index in [9.17, 15) is 14.0 Å². The van der Waals surface area contributed by atoms with Crippen molar-refractivity contribution in [3.05, 3.63) is 71.0 Å². The molecule has 0 saturated carbocycles. The van der Waals surface area contributed by atoms with Crippen LogP contribution in [0.5, 0.6) is 0 Å². The van der Waals surface area contributed by atoms with E-state index >= 15 is 0 Å². The van der Waals surface area contributed by atoms with Crippen LogP contribution in [0.3, 0.4) is 0 Å². The summed E-state index contributed by atoms with van der Waals surface area (Å²) in [5.74, 6) is -0.723. The van der Waals surface area contributed by atoms with Crippen molar-refractivity contribution in [3.8, 4) is 0 Å². The lowest BCUT2D eigenvalue weighted by atomic mass is 10.1. The standard InChI is InChI=1S/C18H19FN2O2/c1-12(2)21-18(23)15-7-5-14(6-8-15)17(22)20-11-13-3-9-16(19)10-4-13/h3-10,12H,11H2,1-2H3,(H,20,22)(H,21,23). The van der Waals surface area contributed by atoms with E-state index in [0.29, 0.717) is 17.7 Å². The molecule has 0 aliphatic carbocycles. The van der Waals surface area contributed by atoms with Gasteiger partial charge in [-0.15, -0.1) is 0 Å². The summed E-state index contributed by atoms with van der Waals surface area (Å²) in [4.78, 5) is 23.9. The number of halogens is 1. The number of hydrogen-bond donors (Lipinski definition) is 2. The summed E-state index contributed by atoms with van der Waals surface area (Å²) in [6.45, 7) is 4.08. The lowest BCUT2D eigenvalue weighted by molar-refractivity contribution is 0.0934. The molecule has 2 N–H and O–H groups in total. The Balaban J connectivity index is 1.94. The van der Waals surface area contributed by atoms with E-state index in [2.05, 4.69) is 10.6 Å². The van der Waals surface area contributed by atoms with Crippen molar-refractivity contribution in [2.75, 3.05) is 0 Å². The molecule has 23 heavy (non-hydrogen) atoms. The van der Waals surface area contributed by atoms with Gasteiger partial charge in [0, 0.05) is 23.7 Å². The van der Waals surface area contributed by atoms with Gasteiger partial charge in [0.05, 0.1) is 0 Å². The molecule has 0 fully saturated rings. The third kappa shape index (κ3) is 4.92. The zero-order valence-electron chi connectivity index (χ0n) is 13.1. The molecule has 2 aromatic carbocycles. The first-order chi connectivity index (χ1) is 11.0. The second-order valence-corrected chi connectivity index (χ2v) is 5.51. The number of benzene rings is 2. The first-order valence-corrected chi connectivity index (χ1v) is 7.39. The summed E-state index contributed by atoms with van der Waals surface area (Å²) in [5.41, 5.74) is 1.79. The maximum atomic E-state index is 12.8. The quantitative estimate of drug-likeness (QED) is 0.891. The minimum absolute atomic E-state index is 0.0567. The molecule has 5 heteroatoms. The average molecular weight is 314 g/mol. The molecule has 2 rings (SSSR count). The Hall–Kier alpha value is -2.69. The topological polar surface area (TPSA) is 58.2 Å². The number of nitrogens with one attached hydrogen (secondary N) is 2. The minimum Gasteiger partial charge on any atom is -0.350 e. The second-order valence-electron chi connectivity index (χ2n) is 5.51. The predicted octanol–water partition coefficient (Wildman–Crippen LogP) is 2.89. The highest BCUT2D eigenvalue weighted by Crippen LogP contribution is 2.06. The van der Waals surface area contributed by atoms with Crippen LogP contribution < -0.4 is 10.6 Å². The maximum absolute atomic E-state index is 12.8. The van der Waals surface area contributed by atoms with Gasteiger partial charge in [-0.05, 0) is 55.8 Å². The monoisotopic (exact) mass is 314 g/mol. The van der Waals surface area contributed by atoms with Crippen LogP contribution in [0, 0.1) is 5.82 Å². The Labute approximate surface area is 134 Å². The molecule has 0 unspecified atom stereocenters. The van der Waals surface area contributed by atoms with E-state index in [1.54, 1.807) is 36.4 Å². The van der Waals surface area contributed by atoms with Gasteiger partial charge in [0.25, 0.3) is 11.8 Å². The molecular formula is C18H19FN2O2. The average Bonchev–Trinajstić information content (AvgIpc) is 2.53. The molecule has 0 aromatic heterocycles. The van der Waals surface area contributed by atoms with Gasteiger partial charge in [0.2, 0.25) is 0 Å². The van der Waals surface area contributed by atoms with Crippen LogP contribution in [0.25, 0.3) is 0 Å². The molecule has 120 valence electrons. The molecule has 0 spiro atoms. The van der Waals surface area contributed by atoms with Gasteiger partial charge >= 0.3 is 0 Å². The third-order valence-electron chi connectivity index (χ3n) is 3.20. The number of amides is 2. The fraction of sp³-hybridized carbons (Fsp3) is 0.222. The molecular weight excluding hydrogens is 295 g/mol. The highest BCUT2D eigenvalue weighted by molar-refractivity contribution is 5.97. The van der Waals surface area contributed by atoms with Gasteiger partial charge in [0.1, 0.15) is 5.82 Å². The van der Waals surface area contributed by atoms with E-state index in [0.717, 1.165) is 5.56 Å². The molecule has 2 amide bonds. The first-order valence-electron chi connectivity index (χ1n) is 7.39. The normalized spacial score (nSPS) is 10.4. The van der Waals surface area contributed by atoms with Crippen LogP contribution in [0.15, 0.2) is 48.5 Å². The second kappa shape index (κ2) is 7.54. The highest BCUT2D eigenvalue weighted by Gasteiger charge is 2.09. The van der Waals surface area contributed by atoms with Crippen LogP contribution >= 0.6 is 0 Å². The molecule has 0 heterocycles. The number of carbonyl (C=O) groups excluding carboxylic acids is 2. The van der Waals surface area contributed by atoms with Crippen LogP contribution in [-0.4, -0.2) is 17.9 Å². The Morgan fingerprint density at radius 1 is 0.913 bits per heavy atom. The highest BCUT2D eigenvalue weighted by atomic mass is 19.1. The molecule has 0 atom stereocenters. The minimum atomic E-state index is -0.310. The van der Waals surface area contributed by atoms with Gasteiger partial charge in [0.15, 0.2) is 0 Å². The zero-order chi connectivity index (χ0) is 16.8. The van der Waals surface area contributed by atoms with Crippen LogP contribution in [0.1, 0.15) is 40.1 Å². The van der Waals surface area contributed by atoms with E-state index in [4.69, 9.17) is 0 Å². The van der Waals surface area contributed by atoms with E-state index in [-0.39, 0.29) is 23.7 Å². The number of rotatable bonds is 5. The summed E-state index contributed by atoms with van der Waals surface area (Å²) in [7, 11) is 0. The van der Waals surface area contributed by atoms with Crippen LogP contribution in [0.4, 0.5) is 4.39 Å². The molecule has 0 radical (unpaired) electrons. The Kier molecular flexibility index (Phi) is 5.46. The number of hydrogen-bond acceptors (Lipinski definition) is 2. The van der Waals surface area contributed by atoms with Crippen LogP contribution in [-0.2, 0) is 6.54 Å². The van der Waals surface area contributed by atoms with Crippen LogP contribution in [0.2, 0.25) is 0 Å². The summed E-state index contributed by atoms with van der Waals surface area (Å²) in [5, 5.41) is 5.54. The summed E-state index contributed by atoms with van der Waals surface area (Å²) >= 11 is 0. The first kappa shape index (κ1) is 16.7. The largest absolute Gasteiger partial charge is 0.350 e. The fourth-order valence-electron chi connectivity index (χ4n) is 2.01. The van der Waals surface area contributed by atoms with Crippen molar-refractivity contribution in [2.24, 2.45) is 0 Å². The Bertz CT molecular complexity index is 679. The summed E-state index contributed by atoms with van der Waals surface area (Å²) < 4.78 is 12.8. The van der Waals surface area contributed by atoms with Crippen molar-refractivity contribution >= 4 is 11.8 Å². The lowest BCUT2D eigenvalue weighted by Crippen LogP contribution is -2.30. The van der Waals surface area contributed by atoms with Crippen molar-refractivity contribution in [1.29, 1.82) is 0 Å². The third-order valence-corrected chi connectivity index (χ3v) is 3.20. The summed E-state index contributed by atoms with van der Waals surface area (Å²) in [6.07, 6.45) is 0. The molecule has 0 aliphatic rings. The van der Waals surface area contributed by atoms with Crippen molar-refractivity contribution in [2.45, 2.75) is 26.4 Å². The van der Waals surface area contributed by atoms with E-state index in [1.807, 2.05) is 13.8 Å². The van der Waals surface area contributed by atoms with Gasteiger partial charge < -0.3 is 10.6 Å². The molecule has 0 aliphatic heterocycles. The molecule has 4 nitrogen and oxygen atoms in total. The Morgan fingerprint density at radius 2 is 1.43 bits per heavy atom. The molecule has 0 bridgehead atoms. The summed E-state index contributed by atoms with van der Waals surface area (Å²) in [6, 6.07) is 12.4. The predicted molar refractivity (Wildman–Crippen MR) is 86.6 cm³/mol. The number of carbonyl (C=O) groups is 2. The Morgan fingerprint density at radius 3 is 1.96 bits per heavy atom. The lowest BCUT2D eigenvalue weighted by Gasteiger charge is -2.09.